The van der Waals surface area contributed by atoms with Crippen molar-refractivity contribution in [3.63, 3.8) is 0 Å². The molecule has 0 saturated carbocycles. The van der Waals surface area contributed by atoms with Gasteiger partial charge in [0.05, 0.1) is 0 Å². The van der Waals surface area contributed by atoms with Crippen LogP contribution >= 0.6 is 0 Å². The van der Waals surface area contributed by atoms with E-state index < -0.39 is 11.6 Å². The molecule has 0 aliphatic carbocycles. The molecule has 0 aliphatic heterocycles. The van der Waals surface area contributed by atoms with E-state index in [9.17, 15) is 13.6 Å². The second-order valence-electron chi connectivity index (χ2n) is 3.38. The van der Waals surface area contributed by atoms with Crippen molar-refractivity contribution in [2.24, 2.45) is 0 Å². The van der Waals surface area contributed by atoms with Gasteiger partial charge in [-0.2, -0.15) is 0 Å². The van der Waals surface area contributed by atoms with Crippen LogP contribution in [0.25, 0.3) is 11.0 Å². The maximum atomic E-state index is 13.3. The first-order valence-electron chi connectivity index (χ1n) is 4.40. The van der Waals surface area contributed by atoms with Gasteiger partial charge in [0, 0.05) is 23.9 Å². The maximum absolute atomic E-state index is 13.3. The van der Waals surface area contributed by atoms with Crippen molar-refractivity contribution < 1.29 is 18.0 Å². The first-order chi connectivity index (χ1) is 7.00. The van der Waals surface area contributed by atoms with Gasteiger partial charge in [0.15, 0.2) is 22.9 Å². The highest BCUT2D eigenvalue weighted by atomic mass is 19.1. The summed E-state index contributed by atoms with van der Waals surface area (Å²) in [4.78, 5) is 11.1. The number of carbonyl (C=O) groups is 1. The third kappa shape index (κ3) is 1.42. The summed E-state index contributed by atoms with van der Waals surface area (Å²) in [5, 5.41) is 0.303. The lowest BCUT2D eigenvalue weighted by atomic mass is 10.1. The lowest BCUT2D eigenvalue weighted by Crippen LogP contribution is -1.90. The van der Waals surface area contributed by atoms with Crippen LogP contribution in [0.15, 0.2) is 16.5 Å². The summed E-state index contributed by atoms with van der Waals surface area (Å²) in [6, 6.07) is 1.89. The first-order valence-corrected chi connectivity index (χ1v) is 4.40. The number of rotatable bonds is 1. The molecule has 2 rings (SSSR count). The van der Waals surface area contributed by atoms with Crippen LogP contribution in [0.1, 0.15) is 23.0 Å². The highest BCUT2D eigenvalue weighted by molar-refractivity contribution is 5.98. The Bertz CT molecular complexity index is 555. The third-order valence-corrected chi connectivity index (χ3v) is 2.28. The summed E-state index contributed by atoms with van der Waals surface area (Å²) >= 11 is 0. The van der Waals surface area contributed by atoms with E-state index in [0.29, 0.717) is 10.9 Å². The Morgan fingerprint density at radius 2 is 2.00 bits per heavy atom. The fourth-order valence-corrected chi connectivity index (χ4v) is 1.58. The number of hydrogen-bond acceptors (Lipinski definition) is 2. The molecule has 0 spiro atoms. The van der Waals surface area contributed by atoms with E-state index >= 15 is 0 Å². The topological polar surface area (TPSA) is 30.2 Å². The van der Waals surface area contributed by atoms with Crippen molar-refractivity contribution in [2.75, 3.05) is 0 Å². The van der Waals surface area contributed by atoms with Crippen molar-refractivity contribution in [1.82, 2.24) is 0 Å². The Balaban J connectivity index is 2.88. The summed E-state index contributed by atoms with van der Waals surface area (Å²) in [7, 11) is 0. The van der Waals surface area contributed by atoms with Crippen LogP contribution in [-0.2, 0) is 0 Å². The number of Topliss-reactive ketones (excluding diaryl/α,β-unsaturated/α-hetero) is 1. The molecule has 15 heavy (non-hydrogen) atoms. The van der Waals surface area contributed by atoms with Crippen molar-refractivity contribution in [3.05, 3.63) is 35.1 Å². The van der Waals surface area contributed by atoms with Crippen LogP contribution in [0.3, 0.4) is 0 Å². The number of aryl methyl sites for hydroxylation is 1. The predicted octanol–water partition coefficient (Wildman–Crippen LogP) is 3.22. The minimum absolute atomic E-state index is 0.0703. The lowest BCUT2D eigenvalue weighted by molar-refractivity contribution is 0.0988. The number of furan rings is 1. The number of ketones is 1. The summed E-state index contributed by atoms with van der Waals surface area (Å²) in [5.74, 6) is -1.70. The molecule has 0 radical (unpaired) electrons. The van der Waals surface area contributed by atoms with Crippen LogP contribution in [-0.4, -0.2) is 5.78 Å². The summed E-state index contributed by atoms with van der Waals surface area (Å²) in [6.07, 6.45) is 0. The lowest BCUT2D eigenvalue weighted by Gasteiger charge is -1.92. The second kappa shape index (κ2) is 3.15. The first kappa shape index (κ1) is 9.83. The van der Waals surface area contributed by atoms with E-state index in [2.05, 4.69) is 0 Å². The molecule has 2 nitrogen and oxygen atoms in total. The second-order valence-corrected chi connectivity index (χ2v) is 3.38. The van der Waals surface area contributed by atoms with Gasteiger partial charge < -0.3 is 4.42 Å². The molecule has 2 aromatic rings. The maximum Gasteiger partial charge on any atom is 0.195 e. The van der Waals surface area contributed by atoms with E-state index in [4.69, 9.17) is 4.42 Å². The molecule has 0 aliphatic rings. The quantitative estimate of drug-likeness (QED) is 0.676. The zero-order valence-electron chi connectivity index (χ0n) is 8.23. The summed E-state index contributed by atoms with van der Waals surface area (Å²) in [5.41, 5.74) is 0.398. The van der Waals surface area contributed by atoms with Crippen LogP contribution in [0.2, 0.25) is 0 Å². The van der Waals surface area contributed by atoms with Crippen LogP contribution in [0.5, 0.6) is 0 Å². The van der Waals surface area contributed by atoms with Gasteiger partial charge in [-0.3, -0.25) is 4.79 Å². The van der Waals surface area contributed by atoms with Crippen LogP contribution in [0.4, 0.5) is 8.78 Å². The Labute approximate surface area is 84.5 Å². The molecule has 78 valence electrons. The van der Waals surface area contributed by atoms with E-state index in [1.807, 2.05) is 0 Å². The molecule has 0 bridgehead atoms. The normalized spacial score (nSPS) is 10.9. The molecule has 1 aromatic carbocycles. The zero-order chi connectivity index (χ0) is 11.2. The summed E-state index contributed by atoms with van der Waals surface area (Å²) < 4.78 is 31.2. The summed E-state index contributed by atoms with van der Waals surface area (Å²) in [6.45, 7) is 2.92. The molecule has 0 amide bonds. The van der Waals surface area contributed by atoms with Crippen LogP contribution in [0, 0.1) is 18.6 Å². The Kier molecular flexibility index (Phi) is 2.07. The fourth-order valence-electron chi connectivity index (χ4n) is 1.58. The van der Waals surface area contributed by atoms with Gasteiger partial charge in [-0.05, 0) is 13.0 Å². The van der Waals surface area contributed by atoms with Gasteiger partial charge in [0.2, 0.25) is 0 Å². The minimum Gasteiger partial charge on any atom is -0.450 e. The molecular weight excluding hydrogens is 202 g/mol. The van der Waals surface area contributed by atoms with Gasteiger partial charge in [0.1, 0.15) is 5.82 Å². The predicted molar refractivity (Wildman–Crippen MR) is 50.9 cm³/mol. The van der Waals surface area contributed by atoms with Gasteiger partial charge in [-0.15, -0.1) is 0 Å². The molecule has 0 saturated heterocycles. The number of halogens is 2. The Hall–Kier alpha value is -1.71. The van der Waals surface area contributed by atoms with Gasteiger partial charge in [-0.1, -0.05) is 0 Å². The number of carbonyl (C=O) groups excluding carboxylic acids is 1. The fraction of sp³-hybridized carbons (Fsp3) is 0.182. The van der Waals surface area contributed by atoms with Gasteiger partial charge in [-0.25, -0.2) is 8.78 Å². The highest BCUT2D eigenvalue weighted by Crippen LogP contribution is 2.28. The standard InChI is InChI=1S/C11H8F2O2/c1-5-8-3-7(12)4-9(13)11(8)15-10(5)6(2)14/h3-4H,1-2H3. The number of fused-ring (bicyclic) bond motifs is 1. The minimum atomic E-state index is -0.791. The zero-order valence-corrected chi connectivity index (χ0v) is 8.23. The number of hydrogen-bond donors (Lipinski definition) is 0. The molecule has 1 heterocycles. The van der Waals surface area contributed by atoms with Crippen molar-refractivity contribution >= 4 is 16.8 Å². The van der Waals surface area contributed by atoms with E-state index in [-0.39, 0.29) is 17.1 Å². The molecule has 0 atom stereocenters. The van der Waals surface area contributed by atoms with Gasteiger partial charge >= 0.3 is 0 Å². The molecular formula is C11H8F2O2. The average molecular weight is 210 g/mol. The Morgan fingerprint density at radius 3 is 2.60 bits per heavy atom. The van der Waals surface area contributed by atoms with E-state index in [1.165, 1.54) is 6.92 Å². The van der Waals surface area contributed by atoms with Crippen molar-refractivity contribution in [3.8, 4) is 0 Å². The Morgan fingerprint density at radius 1 is 1.33 bits per heavy atom. The molecule has 0 fully saturated rings. The SMILES string of the molecule is CC(=O)c1oc2c(F)cc(F)cc2c1C. The van der Waals surface area contributed by atoms with Gasteiger partial charge in [0.25, 0.3) is 0 Å². The molecule has 4 heteroatoms. The molecule has 0 N–H and O–H groups in total. The largest absolute Gasteiger partial charge is 0.450 e. The van der Waals surface area contributed by atoms with E-state index in [1.54, 1.807) is 6.92 Å². The van der Waals surface area contributed by atoms with Crippen molar-refractivity contribution in [2.45, 2.75) is 13.8 Å². The molecule has 0 unspecified atom stereocenters. The number of benzene rings is 1. The van der Waals surface area contributed by atoms with Crippen molar-refractivity contribution in [1.29, 1.82) is 0 Å². The smallest absolute Gasteiger partial charge is 0.195 e. The monoisotopic (exact) mass is 210 g/mol. The highest BCUT2D eigenvalue weighted by Gasteiger charge is 2.17. The van der Waals surface area contributed by atoms with Crippen LogP contribution < -0.4 is 0 Å². The third-order valence-electron chi connectivity index (χ3n) is 2.28. The molecule has 1 aromatic heterocycles. The van der Waals surface area contributed by atoms with E-state index in [0.717, 1.165) is 12.1 Å². The average Bonchev–Trinajstić information content (AvgIpc) is 2.44.